The molecule has 50 heavy (non-hydrogen) atoms. The average molecular weight is 719 g/mol. The minimum Gasteiger partial charge on any atom is -0.322 e. The Kier molecular flexibility index (Phi) is 24.0. The van der Waals surface area contributed by atoms with E-state index in [-0.39, 0.29) is 77.1 Å². The molecule has 4 rings (SSSR count). The molecule has 286 valence electrons. The van der Waals surface area contributed by atoms with Gasteiger partial charge in [0.25, 0.3) is 16.7 Å². The van der Waals surface area contributed by atoms with Crippen LogP contribution < -0.4 is 39.1 Å². The van der Waals surface area contributed by atoms with Crippen LogP contribution in [-0.2, 0) is 4.79 Å². The standard InChI is InChI=1S/2C7H9FN2O2.C7H12N2O2.C7H10N2O2.4CH4/c1-4(2)10-3-5(8)6(11)9-7(10)12;1-4(2)10-5(8)3-6(11)9-7(10)12;2*1-5(2)9-4-3-6(10)8-7(9)11;;;;/h2*3-4H,1-2H3,(H,9,11,12);5H,3-4H2,1-2H3,(H,8,10,11);3-5H,1-2H3,(H,8,10,11);4*1H4. The van der Waals surface area contributed by atoms with Crippen LogP contribution in [0.2, 0.25) is 0 Å². The highest BCUT2D eigenvalue weighted by atomic mass is 19.1. The fraction of sp³-hybridized carbons (Fsp3) is 0.562. The van der Waals surface area contributed by atoms with Crippen LogP contribution in [0.25, 0.3) is 0 Å². The van der Waals surface area contributed by atoms with E-state index in [9.17, 15) is 47.1 Å². The van der Waals surface area contributed by atoms with Crippen molar-refractivity contribution in [2.75, 3.05) is 6.54 Å². The third-order valence-corrected chi connectivity index (χ3v) is 6.04. The smallest absolute Gasteiger partial charge is 0.322 e. The molecule has 3 aromatic heterocycles. The van der Waals surface area contributed by atoms with Gasteiger partial charge in [0.2, 0.25) is 17.7 Å². The van der Waals surface area contributed by atoms with Crippen molar-refractivity contribution < 1.29 is 18.4 Å². The molecule has 0 unspecified atom stereocenters. The first-order valence-corrected chi connectivity index (χ1v) is 14.2. The zero-order chi connectivity index (χ0) is 35.5. The largest absolute Gasteiger partial charge is 0.330 e. The van der Waals surface area contributed by atoms with Crippen molar-refractivity contribution in [3.05, 3.63) is 98.8 Å². The lowest BCUT2D eigenvalue weighted by Crippen LogP contribution is -2.51. The number of amides is 3. The number of imide groups is 1. The molecule has 0 saturated carbocycles. The Morgan fingerprint density at radius 2 is 1.14 bits per heavy atom. The lowest BCUT2D eigenvalue weighted by Gasteiger charge is -2.29. The van der Waals surface area contributed by atoms with Gasteiger partial charge in [-0.2, -0.15) is 8.78 Å². The summed E-state index contributed by atoms with van der Waals surface area (Å²) < 4.78 is 29.0. The number of halogens is 2. The summed E-state index contributed by atoms with van der Waals surface area (Å²) in [6.45, 7) is 14.9. The molecular formula is C32H56F2N8O8. The predicted octanol–water partition coefficient (Wildman–Crippen LogP) is 3.51. The number of rotatable bonds is 4. The van der Waals surface area contributed by atoms with Crippen LogP contribution >= 0.6 is 0 Å². The summed E-state index contributed by atoms with van der Waals surface area (Å²) in [4.78, 5) is 94.1. The molecular weight excluding hydrogens is 662 g/mol. The van der Waals surface area contributed by atoms with E-state index in [1.54, 1.807) is 32.6 Å². The molecule has 0 atom stereocenters. The van der Waals surface area contributed by atoms with Crippen molar-refractivity contribution in [2.45, 2.75) is 116 Å². The molecule has 1 fully saturated rings. The third kappa shape index (κ3) is 15.8. The van der Waals surface area contributed by atoms with Crippen LogP contribution in [0.5, 0.6) is 0 Å². The Bertz CT molecular complexity index is 1850. The number of carbonyl (C=O) groups is 2. The SMILES string of the molecule is C.C.C.C.CC(C)N1CCC(=O)NC1=O.CC(C)n1c(F)cc(=O)[nH]c1=O.CC(C)n1cc(F)c(=O)[nH]c1=O.CC(C)n1ccc(=O)[nH]c1=O. The van der Waals surface area contributed by atoms with Crippen molar-refractivity contribution in [3.8, 4) is 0 Å². The van der Waals surface area contributed by atoms with Gasteiger partial charge in [-0.1, -0.05) is 29.7 Å². The number of hydrogen-bond acceptors (Lipinski definition) is 8. The van der Waals surface area contributed by atoms with E-state index in [1.807, 2.05) is 37.7 Å². The molecule has 16 nitrogen and oxygen atoms in total. The molecule has 0 aliphatic carbocycles. The van der Waals surface area contributed by atoms with Crippen LogP contribution in [0.4, 0.5) is 13.6 Å². The molecule has 18 heteroatoms. The first kappa shape index (κ1) is 51.7. The van der Waals surface area contributed by atoms with Crippen LogP contribution in [0, 0.1) is 11.8 Å². The van der Waals surface area contributed by atoms with Gasteiger partial charge in [-0.05, 0) is 55.4 Å². The van der Waals surface area contributed by atoms with E-state index in [0.29, 0.717) is 13.0 Å². The highest BCUT2D eigenvalue weighted by Crippen LogP contribution is 2.04. The van der Waals surface area contributed by atoms with Gasteiger partial charge in [0.05, 0.1) is 12.3 Å². The van der Waals surface area contributed by atoms with E-state index >= 15 is 0 Å². The van der Waals surface area contributed by atoms with E-state index in [4.69, 9.17) is 0 Å². The van der Waals surface area contributed by atoms with Crippen LogP contribution in [0.3, 0.4) is 0 Å². The molecule has 3 amide bonds. The maximum absolute atomic E-state index is 12.9. The molecule has 0 spiro atoms. The highest BCUT2D eigenvalue weighted by Gasteiger charge is 2.24. The second-order valence-electron chi connectivity index (χ2n) is 11.0. The summed E-state index contributed by atoms with van der Waals surface area (Å²) in [7, 11) is 0. The quantitative estimate of drug-likeness (QED) is 0.292. The molecule has 0 bridgehead atoms. The van der Waals surface area contributed by atoms with Crippen molar-refractivity contribution >= 4 is 11.9 Å². The van der Waals surface area contributed by atoms with Gasteiger partial charge < -0.3 is 4.90 Å². The van der Waals surface area contributed by atoms with E-state index < -0.39 is 34.3 Å². The van der Waals surface area contributed by atoms with Gasteiger partial charge in [0.1, 0.15) is 0 Å². The molecule has 4 heterocycles. The van der Waals surface area contributed by atoms with Gasteiger partial charge in [-0.25, -0.2) is 19.2 Å². The molecule has 0 aromatic carbocycles. The number of nitrogens with zero attached hydrogens (tertiary/aromatic N) is 4. The summed E-state index contributed by atoms with van der Waals surface area (Å²) in [6, 6.07) is 1.61. The van der Waals surface area contributed by atoms with Crippen molar-refractivity contribution in [1.29, 1.82) is 0 Å². The first-order valence-electron chi connectivity index (χ1n) is 14.2. The van der Waals surface area contributed by atoms with Crippen LogP contribution in [-0.4, -0.2) is 58.1 Å². The Balaban J connectivity index is -0.000000275. The summed E-state index contributed by atoms with van der Waals surface area (Å²) in [5, 5.41) is 2.26. The van der Waals surface area contributed by atoms with Crippen LogP contribution in [0.1, 0.15) is 110 Å². The topological polar surface area (TPSA) is 214 Å². The number of nitrogens with one attached hydrogen (secondary N) is 4. The minimum absolute atomic E-state index is 0. The fourth-order valence-corrected chi connectivity index (χ4v) is 3.71. The van der Waals surface area contributed by atoms with Crippen molar-refractivity contribution in [3.63, 3.8) is 0 Å². The van der Waals surface area contributed by atoms with E-state index in [1.165, 1.54) is 16.8 Å². The Morgan fingerprint density at radius 1 is 0.640 bits per heavy atom. The lowest BCUT2D eigenvalue weighted by atomic mass is 10.2. The number of hydrogen-bond donors (Lipinski definition) is 4. The second kappa shape index (κ2) is 23.2. The third-order valence-electron chi connectivity index (χ3n) is 6.04. The summed E-state index contributed by atoms with van der Waals surface area (Å²) >= 11 is 0. The number of urea groups is 1. The summed E-state index contributed by atoms with van der Waals surface area (Å²) in [5.74, 6) is -1.92. The molecule has 1 saturated heterocycles. The Labute approximate surface area is 290 Å². The molecule has 0 radical (unpaired) electrons. The molecule has 1 aliphatic rings. The number of aromatic nitrogens is 6. The van der Waals surface area contributed by atoms with Crippen molar-refractivity contribution in [1.82, 2.24) is 38.9 Å². The number of carbonyl (C=O) groups excluding carboxylic acids is 2. The van der Waals surface area contributed by atoms with Gasteiger partial charge in [0.15, 0.2) is 0 Å². The zero-order valence-electron chi connectivity index (χ0n) is 26.8. The van der Waals surface area contributed by atoms with Gasteiger partial charge >= 0.3 is 23.1 Å². The number of H-pyrrole nitrogens is 3. The maximum atomic E-state index is 12.9. The first-order chi connectivity index (χ1) is 21.3. The predicted molar refractivity (Wildman–Crippen MR) is 192 cm³/mol. The monoisotopic (exact) mass is 718 g/mol. The lowest BCUT2D eigenvalue weighted by molar-refractivity contribution is -0.121. The van der Waals surface area contributed by atoms with Gasteiger partial charge in [-0.3, -0.25) is 53.1 Å². The normalized spacial score (nSPS) is 11.6. The molecule has 1 aliphatic heterocycles. The maximum Gasteiger partial charge on any atom is 0.330 e. The van der Waals surface area contributed by atoms with Crippen LogP contribution in [0.15, 0.2) is 53.3 Å². The van der Waals surface area contributed by atoms with E-state index in [0.717, 1.165) is 21.4 Å². The second-order valence-corrected chi connectivity index (χ2v) is 11.0. The summed E-state index contributed by atoms with van der Waals surface area (Å²) in [5.41, 5.74) is -3.70. The number of aromatic amines is 3. The summed E-state index contributed by atoms with van der Waals surface area (Å²) in [6.07, 6.45) is 2.82. The van der Waals surface area contributed by atoms with E-state index in [2.05, 4.69) is 10.3 Å². The van der Waals surface area contributed by atoms with Gasteiger partial charge in [-0.15, -0.1) is 0 Å². The van der Waals surface area contributed by atoms with Crippen molar-refractivity contribution in [2.24, 2.45) is 0 Å². The van der Waals surface area contributed by atoms with Gasteiger partial charge in [0, 0.05) is 49.4 Å². The molecule has 3 aromatic rings. The Morgan fingerprint density at radius 3 is 1.56 bits per heavy atom. The average Bonchev–Trinajstić information content (AvgIpc) is 2.90. The minimum atomic E-state index is -0.975. The highest BCUT2D eigenvalue weighted by molar-refractivity contribution is 5.96. The Hall–Kier alpha value is -5.16. The fourth-order valence-electron chi connectivity index (χ4n) is 3.71. The zero-order valence-corrected chi connectivity index (χ0v) is 26.8. The molecule has 4 N–H and O–H groups in total.